The van der Waals surface area contributed by atoms with Crippen LogP contribution >= 0.6 is 0 Å². The Kier molecular flexibility index (Phi) is 7.61. The molecule has 0 radical (unpaired) electrons. The molecule has 10 heteroatoms. The van der Waals surface area contributed by atoms with Gasteiger partial charge in [0.2, 0.25) is 0 Å². The number of nitrogens with zero attached hydrogens (tertiary/aromatic N) is 3. The number of ether oxygens (including phenoxy) is 2. The minimum Gasteiger partial charge on any atom is -0.374 e. The number of nitrogens with two attached hydrogens (primary N) is 1. The number of carbonyl (C=O) groups is 2. The van der Waals surface area contributed by atoms with Gasteiger partial charge in [-0.2, -0.15) is 0 Å². The van der Waals surface area contributed by atoms with E-state index in [2.05, 4.69) is 27.1 Å². The van der Waals surface area contributed by atoms with Crippen LogP contribution in [-0.2, 0) is 19.1 Å². The molecule has 3 saturated carbocycles. The average Bonchev–Trinajstić information content (AvgIpc) is 3.71. The first-order valence-corrected chi connectivity index (χ1v) is 17.3. The second-order valence-electron chi connectivity index (χ2n) is 15.1. The number of Topliss-reactive ketones (excluding diaryl/α,β-unsaturated/α-hetero) is 1. The van der Waals surface area contributed by atoms with Gasteiger partial charge in [-0.15, -0.1) is 0 Å². The Hall–Kier alpha value is -1.59. The highest BCUT2D eigenvalue weighted by molar-refractivity contribution is 6.20. The number of halogens is 1. The molecular weight excluding hydrogens is 549 g/mol. The van der Waals surface area contributed by atoms with Crippen LogP contribution in [-0.4, -0.2) is 120 Å². The minimum absolute atomic E-state index is 0.0193. The highest BCUT2D eigenvalue weighted by Gasteiger charge is 2.62. The lowest BCUT2D eigenvalue weighted by Crippen LogP contribution is -2.73. The molecule has 9 nitrogen and oxygen atoms in total. The summed E-state index contributed by atoms with van der Waals surface area (Å²) < 4.78 is 30.0. The van der Waals surface area contributed by atoms with Crippen molar-refractivity contribution in [2.75, 3.05) is 33.2 Å². The zero-order chi connectivity index (χ0) is 29.4. The van der Waals surface area contributed by atoms with Crippen LogP contribution in [0.3, 0.4) is 0 Å². The Morgan fingerprint density at radius 2 is 1.86 bits per heavy atom. The van der Waals surface area contributed by atoms with Crippen molar-refractivity contribution < 1.29 is 23.5 Å². The molecule has 0 aromatic heterocycles. The molecular formula is C33H50FN5O4. The molecule has 13 atom stereocenters. The lowest BCUT2D eigenvalue weighted by atomic mass is 9.67. The molecule has 8 rings (SSSR count). The second-order valence-corrected chi connectivity index (χ2v) is 15.1. The number of carbonyl (C=O) groups excluding carboxylic acids is 2. The third kappa shape index (κ3) is 4.89. The van der Waals surface area contributed by atoms with Crippen LogP contribution < -0.4 is 11.1 Å². The van der Waals surface area contributed by atoms with E-state index in [1.54, 1.807) is 0 Å². The fourth-order valence-corrected chi connectivity index (χ4v) is 10.7. The summed E-state index contributed by atoms with van der Waals surface area (Å²) in [6.45, 7) is 3.04. The molecule has 238 valence electrons. The lowest BCUT2D eigenvalue weighted by Gasteiger charge is -2.61. The number of rotatable bonds is 5. The molecule has 0 aromatic carbocycles. The molecule has 5 aliphatic heterocycles. The summed E-state index contributed by atoms with van der Waals surface area (Å²) in [6.07, 6.45) is 11.5. The van der Waals surface area contributed by atoms with Gasteiger partial charge in [-0.3, -0.25) is 14.5 Å². The van der Waals surface area contributed by atoms with Gasteiger partial charge in [0.25, 0.3) is 5.91 Å². The Morgan fingerprint density at radius 1 is 1.00 bits per heavy atom. The lowest BCUT2D eigenvalue weighted by molar-refractivity contribution is -0.220. The standard InChI is InChI=1S/C33H50FN5O4/c1-37-11-4-5-19(37)8-10-36-33(41)23-17-39-25-15-27-21(20-6-2-3-7-26(20)42-27)14-28(25)43-32-29(39)22(31(23)40)13-24(34)30(32)38-12-9-18(35)16-38/h17-22,24-30,32H,2-16,35H2,1H3,(H,36,41). The van der Waals surface area contributed by atoms with Crippen molar-refractivity contribution in [3.8, 4) is 0 Å². The minimum atomic E-state index is -1.20. The Labute approximate surface area is 255 Å². The molecule has 3 N–H and O–H groups in total. The number of ketones is 1. The van der Waals surface area contributed by atoms with Crippen LogP contribution in [0.4, 0.5) is 4.39 Å². The number of hydrogen-bond acceptors (Lipinski definition) is 8. The van der Waals surface area contributed by atoms with Gasteiger partial charge < -0.3 is 30.3 Å². The number of morpholine rings is 1. The summed E-state index contributed by atoms with van der Waals surface area (Å²) in [5, 5.41) is 3.06. The van der Waals surface area contributed by atoms with Gasteiger partial charge >= 0.3 is 0 Å². The van der Waals surface area contributed by atoms with Gasteiger partial charge in [0, 0.05) is 43.8 Å². The second kappa shape index (κ2) is 11.3. The summed E-state index contributed by atoms with van der Waals surface area (Å²) in [7, 11) is 2.13. The van der Waals surface area contributed by atoms with Crippen LogP contribution in [0.25, 0.3) is 0 Å². The van der Waals surface area contributed by atoms with Crippen LogP contribution in [0.5, 0.6) is 0 Å². The number of fused-ring (bicyclic) bond motifs is 5. The van der Waals surface area contributed by atoms with E-state index < -0.39 is 24.2 Å². The molecule has 4 saturated heterocycles. The van der Waals surface area contributed by atoms with Crippen molar-refractivity contribution in [2.24, 2.45) is 23.5 Å². The van der Waals surface area contributed by atoms with Crippen LogP contribution in [0.15, 0.2) is 11.8 Å². The number of amides is 1. The first kappa shape index (κ1) is 28.9. The maximum atomic E-state index is 16.3. The predicted molar refractivity (Wildman–Crippen MR) is 159 cm³/mol. The van der Waals surface area contributed by atoms with Crippen LogP contribution in [0.1, 0.15) is 70.6 Å². The Balaban J connectivity index is 1.09. The van der Waals surface area contributed by atoms with E-state index in [-0.39, 0.29) is 54.0 Å². The van der Waals surface area contributed by atoms with E-state index in [9.17, 15) is 9.59 Å². The summed E-state index contributed by atoms with van der Waals surface area (Å²) in [5.41, 5.74) is 6.48. The van der Waals surface area contributed by atoms with Crippen molar-refractivity contribution in [1.29, 1.82) is 0 Å². The van der Waals surface area contributed by atoms with Crippen molar-refractivity contribution in [2.45, 2.75) is 131 Å². The summed E-state index contributed by atoms with van der Waals surface area (Å²) >= 11 is 0. The van der Waals surface area contributed by atoms with Crippen LogP contribution in [0, 0.1) is 17.8 Å². The normalized spacial score (nSPS) is 47.9. The monoisotopic (exact) mass is 599 g/mol. The smallest absolute Gasteiger partial charge is 0.256 e. The Morgan fingerprint density at radius 3 is 2.65 bits per heavy atom. The van der Waals surface area contributed by atoms with E-state index in [4.69, 9.17) is 15.2 Å². The summed E-state index contributed by atoms with van der Waals surface area (Å²) in [6, 6.07) is -0.164. The van der Waals surface area contributed by atoms with Crippen molar-refractivity contribution in [3.63, 3.8) is 0 Å². The van der Waals surface area contributed by atoms with Gasteiger partial charge in [0.1, 0.15) is 6.17 Å². The predicted octanol–water partition coefficient (Wildman–Crippen LogP) is 1.99. The first-order chi connectivity index (χ1) is 20.9. The van der Waals surface area contributed by atoms with E-state index >= 15 is 4.39 Å². The highest BCUT2D eigenvalue weighted by Crippen LogP contribution is 2.53. The average molecular weight is 600 g/mol. The quantitative estimate of drug-likeness (QED) is 0.463. The molecule has 1 amide bonds. The highest BCUT2D eigenvalue weighted by atomic mass is 19.1. The number of hydrogen-bond donors (Lipinski definition) is 2. The zero-order valence-corrected chi connectivity index (χ0v) is 25.6. The van der Waals surface area contributed by atoms with Gasteiger partial charge in [-0.1, -0.05) is 12.8 Å². The molecule has 8 aliphatic rings. The van der Waals surface area contributed by atoms with Gasteiger partial charge in [0.15, 0.2) is 5.78 Å². The fourth-order valence-electron chi connectivity index (χ4n) is 10.7. The van der Waals surface area contributed by atoms with E-state index in [0.29, 0.717) is 37.1 Å². The maximum Gasteiger partial charge on any atom is 0.256 e. The van der Waals surface area contributed by atoms with Crippen LogP contribution in [0.2, 0.25) is 0 Å². The molecule has 0 aromatic rings. The zero-order valence-electron chi connectivity index (χ0n) is 25.6. The van der Waals surface area contributed by atoms with Crippen molar-refractivity contribution >= 4 is 11.7 Å². The number of nitrogens with one attached hydrogen (secondary N) is 1. The summed E-state index contributed by atoms with van der Waals surface area (Å²) in [5.74, 6) is -0.0808. The van der Waals surface area contributed by atoms with Gasteiger partial charge in [-0.25, -0.2) is 4.39 Å². The first-order valence-electron chi connectivity index (χ1n) is 17.3. The molecule has 3 aliphatic carbocycles. The summed E-state index contributed by atoms with van der Waals surface area (Å²) in [4.78, 5) is 34.4. The number of likely N-dealkylation sites (tertiary alicyclic amines) is 2. The van der Waals surface area contributed by atoms with E-state index in [1.807, 2.05) is 6.20 Å². The van der Waals surface area contributed by atoms with Gasteiger partial charge in [0.05, 0.1) is 48.1 Å². The molecule has 0 bridgehead atoms. The molecule has 43 heavy (non-hydrogen) atoms. The largest absolute Gasteiger partial charge is 0.374 e. The third-order valence-corrected chi connectivity index (χ3v) is 12.8. The van der Waals surface area contributed by atoms with Crippen molar-refractivity contribution in [3.05, 3.63) is 11.8 Å². The maximum absolute atomic E-state index is 16.3. The molecule has 13 unspecified atom stereocenters. The Bertz CT molecular complexity index is 1140. The van der Waals surface area contributed by atoms with E-state index in [0.717, 1.165) is 51.6 Å². The van der Waals surface area contributed by atoms with Gasteiger partial charge in [-0.05, 0) is 83.2 Å². The molecule has 5 heterocycles. The third-order valence-electron chi connectivity index (χ3n) is 12.8. The fraction of sp³-hybridized carbons (Fsp3) is 0.879. The topological polar surface area (TPSA) is 100 Å². The molecule has 7 fully saturated rings. The number of alkyl halides is 1. The van der Waals surface area contributed by atoms with E-state index in [1.165, 1.54) is 25.7 Å². The van der Waals surface area contributed by atoms with Crippen molar-refractivity contribution in [1.82, 2.24) is 20.0 Å². The SMILES string of the molecule is CN1CCCC1CCNC(=O)C1=CN2C3CC4OC5CCCCC5C4CC3OC3C(N4CCC(N)C4)C(F)CC(C1=O)C32. The molecule has 0 spiro atoms.